The van der Waals surface area contributed by atoms with Crippen molar-refractivity contribution in [2.45, 2.75) is 6.92 Å². The van der Waals surface area contributed by atoms with Crippen LogP contribution in [0.3, 0.4) is 0 Å². The van der Waals surface area contributed by atoms with Gasteiger partial charge in [-0.2, -0.15) is 12.6 Å². The zero-order valence-electron chi connectivity index (χ0n) is 9.77. The van der Waals surface area contributed by atoms with Crippen molar-refractivity contribution < 1.29 is 0 Å². The summed E-state index contributed by atoms with van der Waals surface area (Å²) in [4.78, 5) is 2.23. The fourth-order valence-corrected chi connectivity index (χ4v) is 2.17. The molecule has 2 heteroatoms. The molecule has 0 aliphatic heterocycles. The third-order valence-electron chi connectivity index (χ3n) is 2.86. The zero-order valence-corrected chi connectivity index (χ0v) is 10.7. The lowest BCUT2D eigenvalue weighted by molar-refractivity contribution is 0.981. The molecule has 0 heterocycles. The Bertz CT molecular complexity index is 493. The van der Waals surface area contributed by atoms with Gasteiger partial charge < -0.3 is 4.90 Å². The van der Waals surface area contributed by atoms with Crippen LogP contribution in [-0.2, 0) is 0 Å². The predicted molar refractivity (Wildman–Crippen MR) is 75.8 cm³/mol. The fraction of sp³-hybridized carbons (Fsp3) is 0.286. The molecule has 0 amide bonds. The molecule has 0 spiro atoms. The van der Waals surface area contributed by atoms with Crippen molar-refractivity contribution in [2.24, 2.45) is 0 Å². The Hall–Kier alpha value is -1.15. The van der Waals surface area contributed by atoms with Gasteiger partial charge in [-0.05, 0) is 29.8 Å². The smallest absolute Gasteiger partial charge is 0.0370 e. The topological polar surface area (TPSA) is 3.24 Å². The summed E-state index contributed by atoms with van der Waals surface area (Å²) in [5, 5.41) is 2.61. The molecule has 0 radical (unpaired) electrons. The fourth-order valence-electron chi connectivity index (χ4n) is 1.87. The first kappa shape index (κ1) is 11.3. The van der Waals surface area contributed by atoms with E-state index in [4.69, 9.17) is 0 Å². The van der Waals surface area contributed by atoms with Crippen molar-refractivity contribution >= 4 is 29.1 Å². The van der Waals surface area contributed by atoms with E-state index in [-0.39, 0.29) is 0 Å². The quantitative estimate of drug-likeness (QED) is 0.791. The Balaban J connectivity index is 2.40. The van der Waals surface area contributed by atoms with E-state index in [0.717, 1.165) is 12.3 Å². The molecule has 2 aromatic carbocycles. The number of nitrogens with zero attached hydrogens (tertiary/aromatic N) is 1. The van der Waals surface area contributed by atoms with Crippen LogP contribution in [-0.4, -0.2) is 19.3 Å². The first-order valence-electron chi connectivity index (χ1n) is 5.53. The standard InChI is InChI=1S/C14H17NS/c1-11-3-4-13-10-14(15(2)7-8-16)6-5-12(13)9-11/h3-6,9-10,16H,7-8H2,1-2H3. The minimum Gasteiger partial charge on any atom is -0.374 e. The summed E-state index contributed by atoms with van der Waals surface area (Å²) in [5.41, 5.74) is 2.56. The molecule has 0 saturated carbocycles. The molecule has 0 bridgehead atoms. The summed E-state index contributed by atoms with van der Waals surface area (Å²) in [6, 6.07) is 13.2. The average Bonchev–Trinajstić information content (AvgIpc) is 2.28. The molecule has 0 aromatic heterocycles. The molecule has 0 unspecified atom stereocenters. The molecular weight excluding hydrogens is 214 g/mol. The van der Waals surface area contributed by atoms with Crippen LogP contribution in [0.25, 0.3) is 10.8 Å². The molecule has 0 N–H and O–H groups in total. The molecule has 2 aromatic rings. The Morgan fingerprint density at radius 3 is 2.50 bits per heavy atom. The van der Waals surface area contributed by atoms with Crippen LogP contribution in [0, 0.1) is 6.92 Å². The maximum absolute atomic E-state index is 4.26. The summed E-state index contributed by atoms with van der Waals surface area (Å²) in [6.07, 6.45) is 0. The number of anilines is 1. The summed E-state index contributed by atoms with van der Waals surface area (Å²) >= 11 is 4.26. The Morgan fingerprint density at radius 1 is 1.06 bits per heavy atom. The van der Waals surface area contributed by atoms with E-state index in [1.807, 2.05) is 0 Å². The van der Waals surface area contributed by atoms with Crippen LogP contribution in [0.15, 0.2) is 36.4 Å². The Morgan fingerprint density at radius 2 is 1.75 bits per heavy atom. The van der Waals surface area contributed by atoms with E-state index in [1.54, 1.807) is 0 Å². The first-order chi connectivity index (χ1) is 7.70. The van der Waals surface area contributed by atoms with Crippen LogP contribution in [0.4, 0.5) is 5.69 Å². The number of benzene rings is 2. The van der Waals surface area contributed by atoms with Crippen molar-refractivity contribution in [3.05, 3.63) is 42.0 Å². The number of hydrogen-bond donors (Lipinski definition) is 1. The van der Waals surface area contributed by atoms with E-state index in [1.165, 1.54) is 22.0 Å². The molecule has 0 fully saturated rings. The van der Waals surface area contributed by atoms with E-state index >= 15 is 0 Å². The highest BCUT2D eigenvalue weighted by Crippen LogP contribution is 2.22. The third kappa shape index (κ3) is 2.33. The van der Waals surface area contributed by atoms with Crippen LogP contribution in [0.5, 0.6) is 0 Å². The van der Waals surface area contributed by atoms with Crippen molar-refractivity contribution in [3.63, 3.8) is 0 Å². The Kier molecular flexibility index (Phi) is 3.39. The second-order valence-corrected chi connectivity index (χ2v) is 4.63. The molecule has 0 atom stereocenters. The van der Waals surface area contributed by atoms with Crippen LogP contribution in [0.1, 0.15) is 5.56 Å². The van der Waals surface area contributed by atoms with Gasteiger partial charge in [-0.3, -0.25) is 0 Å². The number of rotatable bonds is 3. The van der Waals surface area contributed by atoms with Crippen molar-refractivity contribution in [3.8, 4) is 0 Å². The average molecular weight is 231 g/mol. The van der Waals surface area contributed by atoms with Crippen molar-refractivity contribution in [2.75, 3.05) is 24.2 Å². The van der Waals surface area contributed by atoms with Crippen LogP contribution < -0.4 is 4.90 Å². The summed E-state index contributed by atoms with van der Waals surface area (Å²) in [7, 11) is 2.10. The lowest BCUT2D eigenvalue weighted by Gasteiger charge is -2.18. The second kappa shape index (κ2) is 4.79. The molecule has 0 aliphatic carbocycles. The van der Waals surface area contributed by atoms with Crippen molar-refractivity contribution in [1.82, 2.24) is 0 Å². The lowest BCUT2D eigenvalue weighted by atomic mass is 10.1. The molecule has 1 nitrogen and oxygen atoms in total. The van der Waals surface area contributed by atoms with Gasteiger partial charge in [-0.15, -0.1) is 0 Å². The SMILES string of the molecule is Cc1ccc2cc(N(C)CCS)ccc2c1. The minimum absolute atomic E-state index is 0.877. The first-order valence-corrected chi connectivity index (χ1v) is 6.16. The highest BCUT2D eigenvalue weighted by molar-refractivity contribution is 7.80. The van der Waals surface area contributed by atoms with Gasteiger partial charge in [-0.25, -0.2) is 0 Å². The van der Waals surface area contributed by atoms with Gasteiger partial charge in [0.1, 0.15) is 0 Å². The third-order valence-corrected chi connectivity index (χ3v) is 3.06. The maximum atomic E-state index is 4.26. The van der Waals surface area contributed by atoms with Crippen LogP contribution in [0.2, 0.25) is 0 Å². The zero-order chi connectivity index (χ0) is 11.5. The summed E-state index contributed by atoms with van der Waals surface area (Å²) in [6.45, 7) is 3.10. The monoisotopic (exact) mass is 231 g/mol. The van der Waals surface area contributed by atoms with Crippen molar-refractivity contribution in [1.29, 1.82) is 0 Å². The van der Waals surface area contributed by atoms with Crippen LogP contribution >= 0.6 is 12.6 Å². The van der Waals surface area contributed by atoms with Gasteiger partial charge in [0.15, 0.2) is 0 Å². The van der Waals surface area contributed by atoms with Gasteiger partial charge in [0.05, 0.1) is 0 Å². The molecule has 2 rings (SSSR count). The maximum Gasteiger partial charge on any atom is 0.0370 e. The Labute approximate surface area is 102 Å². The number of hydrogen-bond acceptors (Lipinski definition) is 2. The number of fused-ring (bicyclic) bond motifs is 1. The predicted octanol–water partition coefficient (Wildman–Crippen LogP) is 3.51. The highest BCUT2D eigenvalue weighted by Gasteiger charge is 2.01. The number of thiol groups is 1. The number of aryl methyl sites for hydroxylation is 1. The van der Waals surface area contributed by atoms with Gasteiger partial charge in [0.25, 0.3) is 0 Å². The van der Waals surface area contributed by atoms with Gasteiger partial charge in [0.2, 0.25) is 0 Å². The van der Waals surface area contributed by atoms with E-state index in [2.05, 4.69) is 67.9 Å². The van der Waals surface area contributed by atoms with E-state index in [0.29, 0.717) is 0 Å². The van der Waals surface area contributed by atoms with E-state index < -0.39 is 0 Å². The lowest BCUT2D eigenvalue weighted by Crippen LogP contribution is -2.19. The largest absolute Gasteiger partial charge is 0.374 e. The molecular formula is C14H17NS. The molecule has 0 aliphatic rings. The molecule has 84 valence electrons. The summed E-state index contributed by atoms with van der Waals surface area (Å²) < 4.78 is 0. The van der Waals surface area contributed by atoms with E-state index in [9.17, 15) is 0 Å². The normalized spacial score (nSPS) is 10.7. The van der Waals surface area contributed by atoms with Gasteiger partial charge in [-0.1, -0.05) is 29.8 Å². The van der Waals surface area contributed by atoms with Gasteiger partial charge in [0, 0.05) is 25.0 Å². The summed E-state index contributed by atoms with van der Waals surface area (Å²) in [5.74, 6) is 0.877. The van der Waals surface area contributed by atoms with Gasteiger partial charge >= 0.3 is 0 Å². The molecule has 0 saturated heterocycles. The second-order valence-electron chi connectivity index (χ2n) is 4.18. The molecule has 16 heavy (non-hydrogen) atoms. The highest BCUT2D eigenvalue weighted by atomic mass is 32.1. The minimum atomic E-state index is 0.877.